The van der Waals surface area contributed by atoms with Crippen molar-refractivity contribution in [1.29, 1.82) is 0 Å². The molecule has 0 aliphatic rings. The maximum absolute atomic E-state index is 9.78. The minimum absolute atomic E-state index is 0.0726. The summed E-state index contributed by atoms with van der Waals surface area (Å²) in [5.41, 5.74) is 5.86. The van der Waals surface area contributed by atoms with Gasteiger partial charge in [0.2, 0.25) is 0 Å². The van der Waals surface area contributed by atoms with Gasteiger partial charge in [0.15, 0.2) is 0 Å². The average molecular weight is 153 g/mol. The molecule has 1 aromatic heterocycles. The summed E-state index contributed by atoms with van der Waals surface area (Å²) in [6.07, 6.45) is 2.96. The minimum atomic E-state index is 0.0726. The Bertz CT molecular complexity index is 251. The van der Waals surface area contributed by atoms with Crippen LogP contribution < -0.4 is 5.73 Å². The van der Waals surface area contributed by atoms with Crippen molar-refractivity contribution in [3.8, 4) is 0 Å². The maximum Gasteiger partial charge on any atom is 0.293 e. The summed E-state index contributed by atoms with van der Waals surface area (Å²) < 4.78 is 4.44. The van der Waals surface area contributed by atoms with Crippen LogP contribution in [0.15, 0.2) is 12.4 Å². The molecule has 58 valence electrons. The van der Waals surface area contributed by atoms with Gasteiger partial charge >= 0.3 is 0 Å². The van der Waals surface area contributed by atoms with Crippen molar-refractivity contribution in [3.05, 3.63) is 18.1 Å². The van der Waals surface area contributed by atoms with E-state index in [4.69, 9.17) is 5.73 Å². The Hall–Kier alpha value is -1.65. The number of carbonyl (C=O) groups excluding carboxylic acids is 1. The van der Waals surface area contributed by atoms with Crippen LogP contribution in [0.5, 0.6) is 0 Å². The number of rotatable bonds is 3. The molecule has 0 unspecified atom stereocenters. The maximum atomic E-state index is 9.78. The molecule has 0 aromatic carbocycles. The first-order chi connectivity index (χ1) is 5.34. The van der Waals surface area contributed by atoms with Crippen LogP contribution >= 0.6 is 0 Å². The molecule has 0 aliphatic carbocycles. The lowest BCUT2D eigenvalue weighted by atomic mass is 10.4. The normalized spacial score (nSPS) is 9.09. The Morgan fingerprint density at radius 2 is 2.27 bits per heavy atom. The molecule has 11 heavy (non-hydrogen) atoms. The summed E-state index contributed by atoms with van der Waals surface area (Å²) in [7, 11) is 0. The quantitative estimate of drug-likeness (QED) is 0.605. The summed E-state index contributed by atoms with van der Waals surface area (Å²) in [5.74, 6) is 0.286. The molecule has 5 heteroatoms. The third-order valence-corrected chi connectivity index (χ3v) is 1.09. The van der Waals surface area contributed by atoms with E-state index in [-0.39, 0.29) is 12.4 Å². The zero-order valence-electron chi connectivity index (χ0n) is 5.73. The Morgan fingerprint density at radius 1 is 1.55 bits per heavy atom. The zero-order valence-corrected chi connectivity index (χ0v) is 5.73. The van der Waals surface area contributed by atoms with Gasteiger partial charge in [-0.1, -0.05) is 0 Å². The molecule has 0 bridgehead atoms. The fraction of sp³-hybridized carbons (Fsp3) is 0.167. The lowest BCUT2D eigenvalue weighted by Gasteiger charge is -1.99. The van der Waals surface area contributed by atoms with E-state index in [0.717, 1.165) is 0 Å². The van der Waals surface area contributed by atoms with Crippen LogP contribution in [-0.4, -0.2) is 16.4 Å². The second kappa shape index (κ2) is 3.50. The second-order valence-electron chi connectivity index (χ2n) is 1.80. The van der Waals surface area contributed by atoms with E-state index in [9.17, 15) is 4.79 Å². The number of nitrogens with zero attached hydrogens (tertiary/aromatic N) is 2. The number of nitrogens with two attached hydrogens (primary N) is 1. The number of anilines is 1. The third kappa shape index (κ3) is 1.89. The van der Waals surface area contributed by atoms with Gasteiger partial charge in [-0.15, -0.1) is 0 Å². The average Bonchev–Trinajstić information content (AvgIpc) is 2.03. The molecule has 5 nitrogen and oxygen atoms in total. The number of nitrogen functional groups attached to an aromatic ring is 1. The lowest BCUT2D eigenvalue weighted by molar-refractivity contribution is -0.129. The molecule has 0 saturated carbocycles. The van der Waals surface area contributed by atoms with E-state index < -0.39 is 0 Å². The van der Waals surface area contributed by atoms with Gasteiger partial charge < -0.3 is 10.5 Å². The minimum Gasteiger partial charge on any atom is -0.461 e. The molecule has 0 amide bonds. The second-order valence-corrected chi connectivity index (χ2v) is 1.80. The molecule has 1 rings (SSSR count). The topological polar surface area (TPSA) is 78.1 Å². The summed E-state index contributed by atoms with van der Waals surface area (Å²) >= 11 is 0. The number of aromatic nitrogens is 2. The first-order valence-corrected chi connectivity index (χ1v) is 2.95. The number of carbonyl (C=O) groups is 1. The molecule has 0 fully saturated rings. The zero-order chi connectivity index (χ0) is 8.10. The van der Waals surface area contributed by atoms with Gasteiger partial charge in [-0.05, 0) is 0 Å². The molecule has 0 radical (unpaired) electrons. The van der Waals surface area contributed by atoms with E-state index in [0.29, 0.717) is 12.2 Å². The Balaban J connectivity index is 2.69. The van der Waals surface area contributed by atoms with E-state index in [1.54, 1.807) is 0 Å². The highest BCUT2D eigenvalue weighted by Crippen LogP contribution is 2.02. The highest BCUT2D eigenvalue weighted by Gasteiger charge is 1.99. The van der Waals surface area contributed by atoms with Crippen LogP contribution in [0, 0.1) is 0 Å². The highest BCUT2D eigenvalue weighted by atomic mass is 16.5. The van der Waals surface area contributed by atoms with Crippen LogP contribution in [0.4, 0.5) is 5.82 Å². The highest BCUT2D eigenvalue weighted by molar-refractivity contribution is 5.39. The molecule has 0 atom stereocenters. The summed E-state index contributed by atoms with van der Waals surface area (Å²) in [6, 6.07) is 0. The van der Waals surface area contributed by atoms with Gasteiger partial charge in [-0.2, -0.15) is 0 Å². The number of ether oxygens (including phenoxy) is 1. The van der Waals surface area contributed by atoms with Crippen LogP contribution in [0.1, 0.15) is 5.69 Å². The van der Waals surface area contributed by atoms with E-state index in [1.165, 1.54) is 12.4 Å². The molecule has 0 saturated heterocycles. The van der Waals surface area contributed by atoms with E-state index >= 15 is 0 Å². The fourth-order valence-corrected chi connectivity index (χ4v) is 0.602. The van der Waals surface area contributed by atoms with Crippen molar-refractivity contribution in [1.82, 2.24) is 9.97 Å². The van der Waals surface area contributed by atoms with Gasteiger partial charge in [0, 0.05) is 12.4 Å². The van der Waals surface area contributed by atoms with Gasteiger partial charge in [-0.3, -0.25) is 9.78 Å². The molecule has 1 aromatic rings. The number of hydrogen-bond acceptors (Lipinski definition) is 5. The van der Waals surface area contributed by atoms with Crippen molar-refractivity contribution in [3.63, 3.8) is 0 Å². The monoisotopic (exact) mass is 153 g/mol. The van der Waals surface area contributed by atoms with E-state index in [2.05, 4.69) is 14.7 Å². The van der Waals surface area contributed by atoms with Crippen LogP contribution in [-0.2, 0) is 16.1 Å². The molecule has 0 aliphatic heterocycles. The van der Waals surface area contributed by atoms with Gasteiger partial charge in [0.25, 0.3) is 6.47 Å². The van der Waals surface area contributed by atoms with Crippen LogP contribution in [0.25, 0.3) is 0 Å². The molecular weight excluding hydrogens is 146 g/mol. The fourth-order valence-electron chi connectivity index (χ4n) is 0.602. The molecular formula is C6H7N3O2. The van der Waals surface area contributed by atoms with Crippen LogP contribution in [0.2, 0.25) is 0 Å². The summed E-state index contributed by atoms with van der Waals surface area (Å²) in [4.78, 5) is 17.4. The standard InChI is InChI=1S/C6H7N3O2/c7-6-5(3-11-4-10)8-1-2-9-6/h1-2,4H,3H2,(H2,7,9). The Morgan fingerprint density at radius 3 is 2.91 bits per heavy atom. The summed E-state index contributed by atoms with van der Waals surface area (Å²) in [6.45, 7) is 0.414. The van der Waals surface area contributed by atoms with Crippen molar-refractivity contribution in [2.75, 3.05) is 5.73 Å². The Labute approximate surface area is 63.2 Å². The van der Waals surface area contributed by atoms with Crippen LogP contribution in [0.3, 0.4) is 0 Å². The Kier molecular flexibility index (Phi) is 2.37. The first kappa shape index (κ1) is 7.46. The lowest BCUT2D eigenvalue weighted by Crippen LogP contribution is -2.01. The van der Waals surface area contributed by atoms with Crippen molar-refractivity contribution >= 4 is 12.3 Å². The molecule has 2 N–H and O–H groups in total. The van der Waals surface area contributed by atoms with Crippen molar-refractivity contribution in [2.24, 2.45) is 0 Å². The predicted octanol–water partition coefficient (Wildman–Crippen LogP) is -0.268. The number of hydrogen-bond donors (Lipinski definition) is 1. The van der Waals surface area contributed by atoms with Crippen molar-refractivity contribution in [2.45, 2.75) is 6.61 Å². The predicted molar refractivity (Wildman–Crippen MR) is 37.3 cm³/mol. The largest absolute Gasteiger partial charge is 0.461 e. The van der Waals surface area contributed by atoms with E-state index in [1.807, 2.05) is 0 Å². The van der Waals surface area contributed by atoms with Crippen molar-refractivity contribution < 1.29 is 9.53 Å². The van der Waals surface area contributed by atoms with Gasteiger partial charge in [-0.25, -0.2) is 4.98 Å². The van der Waals surface area contributed by atoms with Gasteiger partial charge in [0.1, 0.15) is 18.1 Å². The van der Waals surface area contributed by atoms with Gasteiger partial charge in [0.05, 0.1) is 0 Å². The molecule has 1 heterocycles. The first-order valence-electron chi connectivity index (χ1n) is 2.95. The SMILES string of the molecule is Nc1nccnc1COC=O. The summed E-state index contributed by atoms with van der Waals surface area (Å²) in [5, 5.41) is 0. The molecule has 0 spiro atoms. The third-order valence-electron chi connectivity index (χ3n) is 1.09. The smallest absolute Gasteiger partial charge is 0.293 e.